The Kier molecular flexibility index (Phi) is 6.06. The van der Waals surface area contributed by atoms with Crippen molar-refractivity contribution < 1.29 is 27.4 Å². The van der Waals surface area contributed by atoms with Gasteiger partial charge in [-0.25, -0.2) is 4.98 Å². The second-order valence-electron chi connectivity index (χ2n) is 6.68. The number of ether oxygens (including phenoxy) is 2. The number of benzene rings is 1. The van der Waals surface area contributed by atoms with Gasteiger partial charge in [-0.3, -0.25) is 4.79 Å². The van der Waals surface area contributed by atoms with Crippen LogP contribution in [0.25, 0.3) is 0 Å². The Bertz CT molecular complexity index is 784. The Hall–Kier alpha value is -2.77. The van der Waals surface area contributed by atoms with E-state index < -0.39 is 11.7 Å². The Morgan fingerprint density at radius 1 is 1.07 bits per heavy atom. The molecule has 1 aromatic carbocycles. The van der Waals surface area contributed by atoms with Crippen LogP contribution in [-0.2, 0) is 6.18 Å². The van der Waals surface area contributed by atoms with Gasteiger partial charge in [0.1, 0.15) is 11.9 Å². The first-order valence-corrected chi connectivity index (χ1v) is 9.00. The van der Waals surface area contributed by atoms with E-state index in [1.54, 1.807) is 31.4 Å². The van der Waals surface area contributed by atoms with Gasteiger partial charge >= 0.3 is 6.18 Å². The second kappa shape index (κ2) is 8.50. The number of aromatic nitrogens is 1. The van der Waals surface area contributed by atoms with Crippen molar-refractivity contribution in [1.29, 1.82) is 0 Å². The number of alkyl halides is 3. The molecule has 28 heavy (non-hydrogen) atoms. The largest absolute Gasteiger partial charge is 0.497 e. The molecule has 0 aliphatic heterocycles. The zero-order valence-electron chi connectivity index (χ0n) is 15.3. The number of nitrogens with one attached hydrogen (secondary N) is 1. The molecule has 0 saturated heterocycles. The molecule has 0 radical (unpaired) electrons. The second-order valence-corrected chi connectivity index (χ2v) is 6.68. The first-order valence-electron chi connectivity index (χ1n) is 9.00. The molecule has 1 aliphatic rings. The molecule has 3 rings (SSSR count). The van der Waals surface area contributed by atoms with E-state index in [0.717, 1.165) is 25.1 Å². The van der Waals surface area contributed by atoms with Gasteiger partial charge in [-0.2, -0.15) is 13.2 Å². The first kappa shape index (κ1) is 20.0. The number of hydrogen-bond donors (Lipinski definition) is 1. The van der Waals surface area contributed by atoms with E-state index in [1.807, 2.05) is 0 Å². The lowest BCUT2D eigenvalue weighted by Crippen LogP contribution is -2.39. The number of hydrogen-bond acceptors (Lipinski definition) is 4. The molecule has 1 saturated carbocycles. The normalized spacial score (nSPS) is 19.7. The number of rotatable bonds is 5. The fraction of sp³-hybridized carbons (Fsp3) is 0.400. The molecule has 1 amide bonds. The van der Waals surface area contributed by atoms with Gasteiger partial charge in [-0.05, 0) is 56.0 Å². The molecule has 0 atom stereocenters. The third-order valence-corrected chi connectivity index (χ3v) is 4.71. The van der Waals surface area contributed by atoms with Crippen molar-refractivity contribution in [3.05, 3.63) is 53.7 Å². The lowest BCUT2D eigenvalue weighted by Gasteiger charge is -2.29. The fourth-order valence-electron chi connectivity index (χ4n) is 3.12. The summed E-state index contributed by atoms with van der Waals surface area (Å²) in [5.74, 6) is 0.723. The van der Waals surface area contributed by atoms with Gasteiger partial charge in [-0.1, -0.05) is 0 Å². The van der Waals surface area contributed by atoms with E-state index in [-0.39, 0.29) is 23.9 Å². The van der Waals surface area contributed by atoms with Crippen molar-refractivity contribution in [3.8, 4) is 11.6 Å². The molecule has 0 bridgehead atoms. The summed E-state index contributed by atoms with van der Waals surface area (Å²) in [7, 11) is 1.57. The summed E-state index contributed by atoms with van der Waals surface area (Å²) in [5.41, 5.74) is -0.238. The minimum absolute atomic E-state index is 0.0371. The summed E-state index contributed by atoms with van der Waals surface area (Å²) in [5, 5.41) is 3.01. The molecule has 1 N–H and O–H groups in total. The predicted octanol–water partition coefficient (Wildman–Crippen LogP) is 4.23. The molecular weight excluding hydrogens is 373 g/mol. The van der Waals surface area contributed by atoms with Gasteiger partial charge in [0.2, 0.25) is 5.88 Å². The van der Waals surface area contributed by atoms with Gasteiger partial charge in [0, 0.05) is 23.9 Å². The van der Waals surface area contributed by atoms with E-state index in [9.17, 15) is 18.0 Å². The van der Waals surface area contributed by atoms with Gasteiger partial charge in [-0.15, -0.1) is 0 Å². The quantitative estimate of drug-likeness (QED) is 0.825. The highest BCUT2D eigenvalue weighted by Gasteiger charge is 2.31. The maximum absolute atomic E-state index is 12.6. The predicted molar refractivity (Wildman–Crippen MR) is 96.4 cm³/mol. The lowest BCUT2D eigenvalue weighted by molar-refractivity contribution is -0.137. The van der Waals surface area contributed by atoms with Crippen LogP contribution in [0.3, 0.4) is 0 Å². The summed E-state index contributed by atoms with van der Waals surface area (Å²) in [6.07, 6.45) is -0.923. The average molecular weight is 394 g/mol. The fourth-order valence-corrected chi connectivity index (χ4v) is 3.12. The molecule has 150 valence electrons. The Morgan fingerprint density at radius 3 is 2.29 bits per heavy atom. The van der Waals surface area contributed by atoms with Crippen LogP contribution in [0.2, 0.25) is 0 Å². The lowest BCUT2D eigenvalue weighted by atomic mass is 9.92. The average Bonchev–Trinajstić information content (AvgIpc) is 2.69. The molecule has 2 aromatic rings. The molecule has 5 nitrogen and oxygen atoms in total. The number of nitrogens with zero attached hydrogens (tertiary/aromatic N) is 1. The van der Waals surface area contributed by atoms with E-state index in [0.29, 0.717) is 24.2 Å². The van der Waals surface area contributed by atoms with Crippen LogP contribution in [0.5, 0.6) is 11.6 Å². The highest BCUT2D eigenvalue weighted by Crippen LogP contribution is 2.30. The Morgan fingerprint density at radius 2 is 1.75 bits per heavy atom. The van der Waals surface area contributed by atoms with Crippen molar-refractivity contribution >= 4 is 5.91 Å². The Labute approximate surface area is 160 Å². The summed E-state index contributed by atoms with van der Waals surface area (Å²) in [6, 6.07) is 9.12. The molecule has 1 aromatic heterocycles. The van der Waals surface area contributed by atoms with Crippen LogP contribution in [0.1, 0.15) is 41.6 Å². The summed E-state index contributed by atoms with van der Waals surface area (Å²) in [4.78, 5) is 16.1. The van der Waals surface area contributed by atoms with Crippen LogP contribution in [0.4, 0.5) is 13.2 Å². The van der Waals surface area contributed by atoms with E-state index in [4.69, 9.17) is 9.47 Å². The third-order valence-electron chi connectivity index (χ3n) is 4.71. The minimum atomic E-state index is -4.41. The highest BCUT2D eigenvalue weighted by atomic mass is 19.4. The van der Waals surface area contributed by atoms with Gasteiger partial charge in [0.05, 0.1) is 12.7 Å². The summed E-state index contributed by atoms with van der Waals surface area (Å²) in [6.45, 7) is 0. The Balaban J connectivity index is 1.47. The van der Waals surface area contributed by atoms with Crippen molar-refractivity contribution in [2.75, 3.05) is 7.11 Å². The van der Waals surface area contributed by atoms with Crippen molar-refractivity contribution in [2.24, 2.45) is 0 Å². The van der Waals surface area contributed by atoms with E-state index >= 15 is 0 Å². The van der Waals surface area contributed by atoms with Crippen LogP contribution in [0.15, 0.2) is 42.6 Å². The third kappa shape index (κ3) is 5.15. The molecule has 1 aliphatic carbocycles. The van der Waals surface area contributed by atoms with Crippen LogP contribution in [-0.4, -0.2) is 30.1 Å². The van der Waals surface area contributed by atoms with E-state index in [2.05, 4.69) is 10.3 Å². The highest BCUT2D eigenvalue weighted by molar-refractivity contribution is 5.94. The van der Waals surface area contributed by atoms with Gasteiger partial charge in [0.15, 0.2) is 0 Å². The zero-order chi connectivity index (χ0) is 20.1. The molecule has 1 heterocycles. The first-order chi connectivity index (χ1) is 13.3. The van der Waals surface area contributed by atoms with Crippen molar-refractivity contribution in [1.82, 2.24) is 10.3 Å². The van der Waals surface area contributed by atoms with Gasteiger partial charge in [0.25, 0.3) is 5.91 Å². The monoisotopic (exact) mass is 394 g/mol. The van der Waals surface area contributed by atoms with E-state index in [1.165, 1.54) is 6.07 Å². The topological polar surface area (TPSA) is 60.5 Å². The molecule has 8 heteroatoms. The maximum atomic E-state index is 12.6. The number of pyridine rings is 1. The number of carbonyl (C=O) groups excluding carboxylic acids is 1. The van der Waals surface area contributed by atoms with Crippen molar-refractivity contribution in [3.63, 3.8) is 0 Å². The number of halogens is 3. The minimum Gasteiger partial charge on any atom is -0.497 e. The van der Waals surface area contributed by atoms with Crippen LogP contribution < -0.4 is 14.8 Å². The number of carbonyl (C=O) groups is 1. The van der Waals surface area contributed by atoms with Crippen molar-refractivity contribution in [2.45, 2.75) is 44.0 Å². The maximum Gasteiger partial charge on any atom is 0.417 e. The smallest absolute Gasteiger partial charge is 0.417 e. The number of amides is 1. The summed E-state index contributed by atoms with van der Waals surface area (Å²) >= 11 is 0. The standard InChI is InChI=1S/C20H21F3N2O3/c1-27-16-7-2-13(3-8-16)19(26)25-15-5-9-17(10-6-15)28-18-11-4-14(12-24-18)20(21,22)23/h2-4,7-8,11-12,15,17H,5-6,9-10H2,1H3,(H,25,26). The van der Waals surface area contributed by atoms with Crippen LogP contribution >= 0.6 is 0 Å². The summed E-state index contributed by atoms with van der Waals surface area (Å²) < 4.78 is 48.5. The van der Waals surface area contributed by atoms with Gasteiger partial charge < -0.3 is 14.8 Å². The molecular formula is C20H21F3N2O3. The molecule has 0 spiro atoms. The van der Waals surface area contributed by atoms with Crippen LogP contribution in [0, 0.1) is 0 Å². The SMILES string of the molecule is COc1ccc(C(=O)NC2CCC(Oc3ccc(C(F)(F)F)cn3)CC2)cc1. The number of methoxy groups -OCH3 is 1. The molecule has 1 fully saturated rings. The zero-order valence-corrected chi connectivity index (χ0v) is 15.3. The molecule has 0 unspecified atom stereocenters.